The van der Waals surface area contributed by atoms with Crippen LogP contribution in [0.5, 0.6) is 0 Å². The van der Waals surface area contributed by atoms with Gasteiger partial charge in [-0.25, -0.2) is 0 Å². The summed E-state index contributed by atoms with van der Waals surface area (Å²) in [6.07, 6.45) is 3.85. The first kappa shape index (κ1) is 12.0. The van der Waals surface area contributed by atoms with Gasteiger partial charge in [0.25, 0.3) is 0 Å². The van der Waals surface area contributed by atoms with Gasteiger partial charge in [-0.05, 0) is 38.3 Å². The number of hydrogen-bond acceptors (Lipinski definition) is 2. The van der Waals surface area contributed by atoms with Crippen LogP contribution in [0.2, 0.25) is 0 Å². The van der Waals surface area contributed by atoms with Crippen molar-refractivity contribution in [1.29, 1.82) is 5.26 Å². The van der Waals surface area contributed by atoms with Crippen LogP contribution in [-0.4, -0.2) is 12.6 Å². The number of fused-ring (bicyclic) bond motifs is 1. The molecule has 1 unspecified atom stereocenters. The van der Waals surface area contributed by atoms with Crippen molar-refractivity contribution in [3.63, 3.8) is 0 Å². The molecule has 3 rings (SSSR count). The van der Waals surface area contributed by atoms with E-state index >= 15 is 0 Å². The Morgan fingerprint density at radius 2 is 1.89 bits per heavy atom. The maximum atomic E-state index is 9.23. The standard InChI is InChI=1S/C17H18N2/c1-13-6-4-5-11-19(13)17-10-9-14(12-18)15-7-2-3-8-16(15)17/h2-3,7-10,13H,4-6,11H2,1H3. The molecule has 1 saturated heterocycles. The van der Waals surface area contributed by atoms with Crippen LogP contribution in [0.1, 0.15) is 31.7 Å². The van der Waals surface area contributed by atoms with Gasteiger partial charge in [-0.15, -0.1) is 0 Å². The monoisotopic (exact) mass is 250 g/mol. The Kier molecular flexibility index (Phi) is 3.13. The molecule has 1 aliphatic heterocycles. The van der Waals surface area contributed by atoms with Gasteiger partial charge in [-0.3, -0.25) is 0 Å². The molecule has 96 valence electrons. The van der Waals surface area contributed by atoms with Crippen molar-refractivity contribution in [3.8, 4) is 6.07 Å². The number of benzene rings is 2. The first-order valence-electron chi connectivity index (χ1n) is 7.00. The average molecular weight is 250 g/mol. The number of nitriles is 1. The quantitative estimate of drug-likeness (QED) is 0.762. The molecule has 0 bridgehead atoms. The average Bonchev–Trinajstić information content (AvgIpc) is 2.47. The number of piperidine rings is 1. The first-order valence-corrected chi connectivity index (χ1v) is 7.00. The lowest BCUT2D eigenvalue weighted by molar-refractivity contribution is 0.486. The SMILES string of the molecule is CC1CCCCN1c1ccc(C#N)c2ccccc12. The molecule has 0 N–H and O–H groups in total. The zero-order valence-electron chi connectivity index (χ0n) is 11.3. The molecule has 0 spiro atoms. The first-order chi connectivity index (χ1) is 9.31. The van der Waals surface area contributed by atoms with Crippen molar-refractivity contribution in [2.75, 3.05) is 11.4 Å². The maximum absolute atomic E-state index is 9.23. The summed E-state index contributed by atoms with van der Waals surface area (Å²) in [5, 5.41) is 11.5. The summed E-state index contributed by atoms with van der Waals surface area (Å²) >= 11 is 0. The van der Waals surface area contributed by atoms with E-state index in [9.17, 15) is 5.26 Å². The van der Waals surface area contributed by atoms with E-state index in [0.29, 0.717) is 6.04 Å². The number of anilines is 1. The summed E-state index contributed by atoms with van der Waals surface area (Å²) in [7, 11) is 0. The van der Waals surface area contributed by atoms with Gasteiger partial charge in [0, 0.05) is 29.0 Å². The second kappa shape index (κ2) is 4.93. The molecule has 0 radical (unpaired) electrons. The molecule has 1 heterocycles. The summed E-state index contributed by atoms with van der Waals surface area (Å²) in [6, 6.07) is 15.2. The van der Waals surface area contributed by atoms with E-state index in [1.807, 2.05) is 18.2 Å². The molecule has 0 aliphatic carbocycles. The lowest BCUT2D eigenvalue weighted by Crippen LogP contribution is -2.37. The second-order valence-electron chi connectivity index (χ2n) is 5.33. The van der Waals surface area contributed by atoms with Crippen LogP contribution in [0.25, 0.3) is 10.8 Å². The number of nitrogens with zero attached hydrogens (tertiary/aromatic N) is 2. The molecule has 1 atom stereocenters. The van der Waals surface area contributed by atoms with Gasteiger partial charge in [0.1, 0.15) is 0 Å². The van der Waals surface area contributed by atoms with E-state index in [1.54, 1.807) is 0 Å². The van der Waals surface area contributed by atoms with Gasteiger partial charge >= 0.3 is 0 Å². The van der Waals surface area contributed by atoms with Crippen LogP contribution in [-0.2, 0) is 0 Å². The minimum Gasteiger partial charge on any atom is -0.368 e. The van der Waals surface area contributed by atoms with Crippen LogP contribution < -0.4 is 4.90 Å². The Morgan fingerprint density at radius 3 is 2.63 bits per heavy atom. The van der Waals surface area contributed by atoms with Crippen LogP contribution in [0.3, 0.4) is 0 Å². The summed E-state index contributed by atoms with van der Waals surface area (Å²) in [5.41, 5.74) is 2.05. The summed E-state index contributed by atoms with van der Waals surface area (Å²) in [4.78, 5) is 2.49. The third-order valence-electron chi connectivity index (χ3n) is 4.13. The fraction of sp³-hybridized carbons (Fsp3) is 0.353. The molecule has 1 fully saturated rings. The fourth-order valence-corrected chi connectivity index (χ4v) is 3.09. The van der Waals surface area contributed by atoms with Crippen molar-refractivity contribution in [2.45, 2.75) is 32.2 Å². The summed E-state index contributed by atoms with van der Waals surface area (Å²) in [6.45, 7) is 3.42. The molecule has 2 aromatic rings. The molecule has 19 heavy (non-hydrogen) atoms. The molecular formula is C17H18N2. The second-order valence-corrected chi connectivity index (χ2v) is 5.33. The van der Waals surface area contributed by atoms with Crippen molar-refractivity contribution in [3.05, 3.63) is 42.0 Å². The highest BCUT2D eigenvalue weighted by Crippen LogP contribution is 2.33. The lowest BCUT2D eigenvalue weighted by atomic mass is 9.98. The van der Waals surface area contributed by atoms with E-state index in [0.717, 1.165) is 17.5 Å². The van der Waals surface area contributed by atoms with Crippen LogP contribution in [0.4, 0.5) is 5.69 Å². The van der Waals surface area contributed by atoms with Gasteiger partial charge in [0.15, 0.2) is 0 Å². The van der Waals surface area contributed by atoms with Crippen molar-refractivity contribution >= 4 is 16.5 Å². The zero-order valence-corrected chi connectivity index (χ0v) is 11.3. The van der Waals surface area contributed by atoms with Gasteiger partial charge in [-0.1, -0.05) is 24.3 Å². The lowest BCUT2D eigenvalue weighted by Gasteiger charge is -2.36. The Balaban J connectivity index is 2.17. The third-order valence-corrected chi connectivity index (χ3v) is 4.13. The van der Waals surface area contributed by atoms with E-state index in [1.165, 1.54) is 30.3 Å². The van der Waals surface area contributed by atoms with E-state index in [-0.39, 0.29) is 0 Å². The fourth-order valence-electron chi connectivity index (χ4n) is 3.09. The minimum atomic E-state index is 0.588. The third kappa shape index (κ3) is 2.06. The van der Waals surface area contributed by atoms with Gasteiger partial charge in [0.2, 0.25) is 0 Å². The Bertz CT molecular complexity index is 639. The normalized spacial score (nSPS) is 19.4. The minimum absolute atomic E-state index is 0.588. The molecule has 0 saturated carbocycles. The topological polar surface area (TPSA) is 27.0 Å². The predicted octanol–water partition coefficient (Wildman–Crippen LogP) is 4.09. The van der Waals surface area contributed by atoms with E-state index < -0.39 is 0 Å². The van der Waals surface area contributed by atoms with Gasteiger partial charge < -0.3 is 4.90 Å². The molecule has 2 heteroatoms. The predicted molar refractivity (Wildman–Crippen MR) is 79.3 cm³/mol. The number of hydrogen-bond donors (Lipinski definition) is 0. The summed E-state index contributed by atoms with van der Waals surface area (Å²) < 4.78 is 0. The largest absolute Gasteiger partial charge is 0.368 e. The summed E-state index contributed by atoms with van der Waals surface area (Å²) in [5.74, 6) is 0. The van der Waals surface area contributed by atoms with Crippen LogP contribution >= 0.6 is 0 Å². The molecule has 2 nitrogen and oxygen atoms in total. The Labute approximate surface area is 114 Å². The molecular weight excluding hydrogens is 232 g/mol. The molecule has 0 amide bonds. The van der Waals surface area contributed by atoms with Gasteiger partial charge in [0.05, 0.1) is 11.6 Å². The van der Waals surface area contributed by atoms with Crippen molar-refractivity contribution in [2.24, 2.45) is 0 Å². The highest BCUT2D eigenvalue weighted by Gasteiger charge is 2.20. The maximum Gasteiger partial charge on any atom is 0.0998 e. The van der Waals surface area contributed by atoms with E-state index in [2.05, 4.69) is 36.1 Å². The van der Waals surface area contributed by atoms with Gasteiger partial charge in [-0.2, -0.15) is 5.26 Å². The molecule has 2 aromatic carbocycles. The van der Waals surface area contributed by atoms with Crippen LogP contribution in [0.15, 0.2) is 36.4 Å². The molecule has 1 aliphatic rings. The highest BCUT2D eigenvalue weighted by molar-refractivity contribution is 5.98. The number of rotatable bonds is 1. The van der Waals surface area contributed by atoms with Crippen LogP contribution in [0, 0.1) is 11.3 Å². The smallest absolute Gasteiger partial charge is 0.0998 e. The highest BCUT2D eigenvalue weighted by atomic mass is 15.2. The Hall–Kier alpha value is -2.01. The van der Waals surface area contributed by atoms with E-state index in [4.69, 9.17) is 0 Å². The molecule has 0 aromatic heterocycles. The van der Waals surface area contributed by atoms with Crippen molar-refractivity contribution in [1.82, 2.24) is 0 Å². The zero-order chi connectivity index (χ0) is 13.2. The Morgan fingerprint density at radius 1 is 1.11 bits per heavy atom. The van der Waals surface area contributed by atoms with Crippen molar-refractivity contribution < 1.29 is 0 Å².